The molecule has 0 spiro atoms. The van der Waals surface area contributed by atoms with Crippen LogP contribution in [0.5, 0.6) is 0 Å². The predicted molar refractivity (Wildman–Crippen MR) is 82.1 cm³/mol. The van der Waals surface area contributed by atoms with Crippen molar-refractivity contribution in [3.8, 4) is 0 Å². The van der Waals surface area contributed by atoms with Crippen LogP contribution in [0.4, 0.5) is 0 Å². The van der Waals surface area contributed by atoms with Gasteiger partial charge in [0.15, 0.2) is 11.7 Å². The van der Waals surface area contributed by atoms with Crippen LogP contribution < -0.4 is 10.7 Å². The predicted octanol–water partition coefficient (Wildman–Crippen LogP) is -2.62. The third-order valence-corrected chi connectivity index (χ3v) is 4.08. The molecule has 1 aromatic heterocycles. The fourth-order valence-corrected chi connectivity index (χ4v) is 2.76. The summed E-state index contributed by atoms with van der Waals surface area (Å²) >= 11 is 0. The average molecular weight is 342 g/mol. The van der Waals surface area contributed by atoms with Crippen molar-refractivity contribution in [1.82, 2.24) is 9.88 Å². The first-order valence-corrected chi connectivity index (χ1v) is 7.52. The van der Waals surface area contributed by atoms with Crippen LogP contribution in [0.25, 0.3) is 0 Å². The van der Waals surface area contributed by atoms with E-state index in [1.54, 1.807) is 18.4 Å². The van der Waals surface area contributed by atoms with Crippen molar-refractivity contribution in [2.45, 2.75) is 51.0 Å². The van der Waals surface area contributed by atoms with E-state index in [2.05, 4.69) is 5.32 Å². The zero-order valence-corrected chi connectivity index (χ0v) is 13.4. The lowest BCUT2D eigenvalue weighted by atomic mass is 9.97. The number of hydrogen-bond acceptors (Lipinski definition) is 7. The van der Waals surface area contributed by atoms with E-state index in [1.807, 2.05) is 0 Å². The Morgan fingerprint density at radius 1 is 1.21 bits per heavy atom. The minimum absolute atomic E-state index is 0.132. The Balaban J connectivity index is 2.08. The summed E-state index contributed by atoms with van der Waals surface area (Å²) in [6, 6.07) is 1.54. The molecule has 0 aromatic carbocycles. The first-order chi connectivity index (χ1) is 11.2. The molecule has 1 aliphatic heterocycles. The van der Waals surface area contributed by atoms with Crippen LogP contribution in [0.2, 0.25) is 0 Å². The van der Waals surface area contributed by atoms with Gasteiger partial charge in [-0.3, -0.25) is 9.59 Å². The molecule has 1 aliphatic rings. The summed E-state index contributed by atoms with van der Waals surface area (Å²) in [6.45, 7) is 2.66. The lowest BCUT2D eigenvalue weighted by Crippen LogP contribution is -2.64. The van der Waals surface area contributed by atoms with Gasteiger partial charge in [-0.15, -0.1) is 0 Å². The maximum Gasteiger partial charge on any atom is 0.240 e. The second-order valence-electron chi connectivity index (χ2n) is 5.88. The molecule has 9 heteroatoms. The van der Waals surface area contributed by atoms with Gasteiger partial charge in [0.05, 0.1) is 6.61 Å². The Bertz CT molecular complexity index is 633. The Hall–Kier alpha value is -1.78. The summed E-state index contributed by atoms with van der Waals surface area (Å²) in [5, 5.41) is 41.1. The van der Waals surface area contributed by atoms with Crippen LogP contribution in [-0.4, -0.2) is 68.2 Å². The largest absolute Gasteiger partial charge is 0.394 e. The molecule has 9 nitrogen and oxygen atoms in total. The maximum atomic E-state index is 12.2. The smallest absolute Gasteiger partial charge is 0.240 e. The van der Waals surface area contributed by atoms with Crippen molar-refractivity contribution in [1.29, 1.82) is 0 Å². The summed E-state index contributed by atoms with van der Waals surface area (Å²) in [7, 11) is 0. The third kappa shape index (κ3) is 3.82. The molecule has 1 saturated heterocycles. The lowest BCUT2D eigenvalue weighted by molar-refractivity contribution is -0.253. The normalized spacial score (nSPS) is 30.2. The molecule has 134 valence electrons. The summed E-state index contributed by atoms with van der Waals surface area (Å²) in [6.07, 6.45) is -5.64. The molecule has 0 radical (unpaired) electrons. The zero-order valence-electron chi connectivity index (χ0n) is 13.4. The van der Waals surface area contributed by atoms with Crippen LogP contribution in [0.15, 0.2) is 16.9 Å². The molecular formula is C15H22N2O7. The number of ether oxygens (including phenoxy) is 1. The third-order valence-electron chi connectivity index (χ3n) is 4.08. The molecular weight excluding hydrogens is 320 g/mol. The summed E-state index contributed by atoms with van der Waals surface area (Å²) < 4.78 is 6.58. The molecule has 1 aromatic rings. The van der Waals surface area contributed by atoms with E-state index in [4.69, 9.17) is 9.84 Å². The number of amides is 1. The molecule has 0 bridgehead atoms. The van der Waals surface area contributed by atoms with Gasteiger partial charge in [-0.2, -0.15) is 0 Å². The fraction of sp³-hybridized carbons (Fsp3) is 0.600. The number of aliphatic hydroxyl groups is 4. The van der Waals surface area contributed by atoms with E-state index < -0.39 is 43.2 Å². The van der Waals surface area contributed by atoms with Gasteiger partial charge < -0.3 is 35.0 Å². The number of aromatic nitrogens is 1. The topological polar surface area (TPSA) is 141 Å². The van der Waals surface area contributed by atoms with Crippen LogP contribution in [0.3, 0.4) is 0 Å². The van der Waals surface area contributed by atoms with Crippen molar-refractivity contribution < 1.29 is 30.0 Å². The van der Waals surface area contributed by atoms with Crippen LogP contribution in [-0.2, 0) is 16.1 Å². The standard InChI is InChI=1S/C15H22N2O7/c1-7-3-9(19)4-8(2)17(7)5-11(20)16-12-14(22)13(21)10(6-18)24-15(12)23/h3-4,10,12-15,18,21-23H,5-6H2,1-2H3,(H,16,20)/t10-,12?,13?,14-,15?/m1/s1. The molecule has 5 atom stereocenters. The van der Waals surface area contributed by atoms with Crippen LogP contribution >= 0.6 is 0 Å². The number of carbonyl (C=O) groups is 1. The minimum Gasteiger partial charge on any atom is -0.394 e. The van der Waals surface area contributed by atoms with Gasteiger partial charge in [-0.05, 0) is 13.8 Å². The number of pyridine rings is 1. The number of rotatable bonds is 4. The first-order valence-electron chi connectivity index (χ1n) is 7.52. The highest BCUT2D eigenvalue weighted by Crippen LogP contribution is 2.19. The molecule has 2 heterocycles. The molecule has 2 rings (SSSR count). The summed E-state index contributed by atoms with van der Waals surface area (Å²) in [5.74, 6) is -0.536. The van der Waals surface area contributed by atoms with Crippen molar-refractivity contribution in [2.75, 3.05) is 6.61 Å². The van der Waals surface area contributed by atoms with E-state index in [1.165, 1.54) is 12.1 Å². The zero-order chi connectivity index (χ0) is 18.0. The molecule has 0 aliphatic carbocycles. The minimum atomic E-state index is -1.57. The average Bonchev–Trinajstić information content (AvgIpc) is 2.51. The number of nitrogens with one attached hydrogen (secondary N) is 1. The molecule has 1 amide bonds. The van der Waals surface area contributed by atoms with Crippen molar-refractivity contribution in [3.63, 3.8) is 0 Å². The number of carbonyl (C=O) groups excluding carboxylic acids is 1. The summed E-state index contributed by atoms with van der Waals surface area (Å²) in [4.78, 5) is 23.6. The monoisotopic (exact) mass is 342 g/mol. The maximum absolute atomic E-state index is 12.2. The fourth-order valence-electron chi connectivity index (χ4n) is 2.76. The van der Waals surface area contributed by atoms with E-state index in [-0.39, 0.29) is 12.0 Å². The highest BCUT2D eigenvalue weighted by molar-refractivity contribution is 5.76. The summed E-state index contributed by atoms with van der Waals surface area (Å²) in [5.41, 5.74) is 1.03. The number of nitrogens with zero attached hydrogens (tertiary/aromatic N) is 1. The van der Waals surface area contributed by atoms with E-state index >= 15 is 0 Å². The highest BCUT2D eigenvalue weighted by Gasteiger charge is 2.44. The lowest BCUT2D eigenvalue weighted by Gasteiger charge is -2.40. The quantitative estimate of drug-likeness (QED) is 0.403. The van der Waals surface area contributed by atoms with Gasteiger partial charge in [0, 0.05) is 23.5 Å². The Morgan fingerprint density at radius 2 is 1.79 bits per heavy atom. The van der Waals surface area contributed by atoms with Crippen LogP contribution in [0.1, 0.15) is 11.4 Å². The molecule has 5 N–H and O–H groups in total. The molecule has 1 fully saturated rings. The van der Waals surface area contributed by atoms with E-state index in [9.17, 15) is 24.9 Å². The Morgan fingerprint density at radius 3 is 2.33 bits per heavy atom. The highest BCUT2D eigenvalue weighted by atomic mass is 16.6. The second-order valence-corrected chi connectivity index (χ2v) is 5.88. The van der Waals surface area contributed by atoms with E-state index in [0.717, 1.165) is 0 Å². The number of aliphatic hydroxyl groups excluding tert-OH is 4. The second kappa shape index (κ2) is 7.41. The molecule has 24 heavy (non-hydrogen) atoms. The first kappa shape index (κ1) is 18.6. The van der Waals surface area contributed by atoms with Gasteiger partial charge >= 0.3 is 0 Å². The van der Waals surface area contributed by atoms with E-state index in [0.29, 0.717) is 11.4 Å². The number of aryl methyl sites for hydroxylation is 2. The van der Waals surface area contributed by atoms with Gasteiger partial charge in [0.25, 0.3) is 0 Å². The van der Waals surface area contributed by atoms with Gasteiger partial charge in [-0.25, -0.2) is 0 Å². The van der Waals surface area contributed by atoms with Crippen LogP contribution in [0, 0.1) is 13.8 Å². The number of hydrogen-bond donors (Lipinski definition) is 5. The van der Waals surface area contributed by atoms with Gasteiger partial charge in [0.1, 0.15) is 30.9 Å². The molecule has 3 unspecified atom stereocenters. The SMILES string of the molecule is Cc1cc(=O)cc(C)n1CC(=O)NC1C(O)O[C@H](CO)C(O)[C@@H]1O. The van der Waals surface area contributed by atoms with Crippen molar-refractivity contribution >= 4 is 5.91 Å². The van der Waals surface area contributed by atoms with Gasteiger partial charge in [0.2, 0.25) is 5.91 Å². The van der Waals surface area contributed by atoms with Crippen molar-refractivity contribution in [3.05, 3.63) is 33.7 Å². The Kier molecular flexibility index (Phi) is 5.73. The van der Waals surface area contributed by atoms with Crippen molar-refractivity contribution in [2.24, 2.45) is 0 Å². The van der Waals surface area contributed by atoms with Gasteiger partial charge in [-0.1, -0.05) is 0 Å². The molecule has 0 saturated carbocycles. The Labute approximate surface area is 138 Å².